The molecule has 0 spiro atoms. The highest BCUT2D eigenvalue weighted by Gasteiger charge is 2.32. The summed E-state index contributed by atoms with van der Waals surface area (Å²) in [6.45, 7) is 6.01. The van der Waals surface area contributed by atoms with Crippen molar-refractivity contribution in [2.75, 3.05) is 7.05 Å². The third-order valence-corrected chi connectivity index (χ3v) is 8.13. The van der Waals surface area contributed by atoms with E-state index in [2.05, 4.69) is 104 Å². The SMILES string of the molecule is Cc1ccc(C(=O)N(C)Cc2ccccc2)c2c1CC[C@@H](N(Cc1ccccc1)[C@@H](C)c1ccccc1)C2. The summed E-state index contributed by atoms with van der Waals surface area (Å²) in [7, 11) is 1.92. The van der Waals surface area contributed by atoms with Gasteiger partial charge in [-0.3, -0.25) is 9.69 Å². The summed E-state index contributed by atoms with van der Waals surface area (Å²) in [6, 6.07) is 36.6. The van der Waals surface area contributed by atoms with Crippen molar-refractivity contribution in [3.8, 4) is 0 Å². The maximum Gasteiger partial charge on any atom is 0.254 e. The van der Waals surface area contributed by atoms with Gasteiger partial charge in [-0.2, -0.15) is 0 Å². The van der Waals surface area contributed by atoms with Crippen molar-refractivity contribution in [1.82, 2.24) is 9.80 Å². The summed E-state index contributed by atoms with van der Waals surface area (Å²) >= 11 is 0. The molecule has 194 valence electrons. The van der Waals surface area contributed by atoms with Crippen LogP contribution in [0.3, 0.4) is 0 Å². The second-order valence-electron chi connectivity index (χ2n) is 10.7. The van der Waals surface area contributed by atoms with Gasteiger partial charge in [0, 0.05) is 37.8 Å². The third kappa shape index (κ3) is 5.74. The fourth-order valence-electron chi connectivity index (χ4n) is 5.96. The molecule has 0 bridgehead atoms. The number of carbonyl (C=O) groups is 1. The van der Waals surface area contributed by atoms with Gasteiger partial charge in [0.25, 0.3) is 5.91 Å². The molecule has 0 heterocycles. The van der Waals surface area contributed by atoms with E-state index in [9.17, 15) is 4.79 Å². The van der Waals surface area contributed by atoms with Crippen molar-refractivity contribution < 1.29 is 4.79 Å². The zero-order chi connectivity index (χ0) is 26.5. The van der Waals surface area contributed by atoms with Gasteiger partial charge in [0.2, 0.25) is 0 Å². The monoisotopic (exact) mass is 502 g/mol. The first kappa shape index (κ1) is 25.9. The lowest BCUT2D eigenvalue weighted by Crippen LogP contribution is -2.41. The number of hydrogen-bond acceptors (Lipinski definition) is 2. The van der Waals surface area contributed by atoms with E-state index >= 15 is 0 Å². The van der Waals surface area contributed by atoms with Crippen LogP contribution in [-0.4, -0.2) is 28.8 Å². The van der Waals surface area contributed by atoms with E-state index in [1.54, 1.807) is 0 Å². The predicted octanol–water partition coefficient (Wildman–Crippen LogP) is 7.39. The maximum absolute atomic E-state index is 13.8. The molecular formula is C35H38N2O. The molecule has 0 unspecified atom stereocenters. The topological polar surface area (TPSA) is 23.6 Å². The summed E-state index contributed by atoms with van der Waals surface area (Å²) in [5, 5.41) is 0. The van der Waals surface area contributed by atoms with Crippen LogP contribution in [0.5, 0.6) is 0 Å². The Morgan fingerprint density at radius 3 is 2.00 bits per heavy atom. The van der Waals surface area contributed by atoms with Crippen LogP contribution in [0, 0.1) is 6.92 Å². The van der Waals surface area contributed by atoms with Crippen molar-refractivity contribution in [3.63, 3.8) is 0 Å². The molecule has 38 heavy (non-hydrogen) atoms. The van der Waals surface area contributed by atoms with E-state index in [0.29, 0.717) is 12.6 Å². The third-order valence-electron chi connectivity index (χ3n) is 8.13. The number of nitrogens with zero attached hydrogens (tertiary/aromatic N) is 2. The summed E-state index contributed by atoms with van der Waals surface area (Å²) in [5.74, 6) is 0.108. The Morgan fingerprint density at radius 2 is 1.37 bits per heavy atom. The molecule has 1 aliphatic carbocycles. The van der Waals surface area contributed by atoms with Crippen LogP contribution in [0.1, 0.15) is 63.1 Å². The molecule has 0 saturated heterocycles. The highest BCUT2D eigenvalue weighted by molar-refractivity contribution is 5.96. The molecule has 0 aromatic heterocycles. The first-order chi connectivity index (χ1) is 18.5. The second-order valence-corrected chi connectivity index (χ2v) is 10.7. The quantitative estimate of drug-likeness (QED) is 0.251. The second kappa shape index (κ2) is 11.8. The lowest BCUT2D eigenvalue weighted by Gasteiger charge is -2.40. The summed E-state index contributed by atoms with van der Waals surface area (Å²) in [6.07, 6.45) is 2.98. The van der Waals surface area contributed by atoms with E-state index in [4.69, 9.17) is 0 Å². The summed E-state index contributed by atoms with van der Waals surface area (Å²) in [4.78, 5) is 18.3. The fourth-order valence-corrected chi connectivity index (χ4v) is 5.96. The van der Waals surface area contributed by atoms with E-state index < -0.39 is 0 Å². The average Bonchev–Trinajstić information content (AvgIpc) is 2.97. The van der Waals surface area contributed by atoms with Crippen LogP contribution in [-0.2, 0) is 25.9 Å². The van der Waals surface area contributed by atoms with Crippen LogP contribution < -0.4 is 0 Å². The molecule has 3 nitrogen and oxygen atoms in total. The summed E-state index contributed by atoms with van der Waals surface area (Å²) < 4.78 is 0. The number of aryl methyl sites for hydroxylation is 1. The molecule has 1 amide bonds. The normalized spacial score (nSPS) is 15.6. The van der Waals surface area contributed by atoms with E-state index in [-0.39, 0.29) is 11.9 Å². The van der Waals surface area contributed by atoms with Gasteiger partial charge in [-0.05, 0) is 72.6 Å². The molecule has 3 heteroatoms. The van der Waals surface area contributed by atoms with Gasteiger partial charge >= 0.3 is 0 Å². The Kier molecular flexibility index (Phi) is 8.05. The zero-order valence-corrected chi connectivity index (χ0v) is 22.8. The number of hydrogen-bond donors (Lipinski definition) is 0. The number of fused-ring (bicyclic) bond motifs is 1. The van der Waals surface area contributed by atoms with Gasteiger partial charge in [0.1, 0.15) is 0 Å². The lowest BCUT2D eigenvalue weighted by atomic mass is 9.81. The molecule has 5 rings (SSSR count). The Morgan fingerprint density at radius 1 is 0.789 bits per heavy atom. The number of rotatable bonds is 8. The van der Waals surface area contributed by atoms with Crippen molar-refractivity contribution in [2.24, 2.45) is 0 Å². The minimum absolute atomic E-state index is 0.108. The van der Waals surface area contributed by atoms with Crippen LogP contribution in [0.2, 0.25) is 0 Å². The molecule has 0 aliphatic heterocycles. The highest BCUT2D eigenvalue weighted by atomic mass is 16.2. The molecule has 0 N–H and O–H groups in total. The number of carbonyl (C=O) groups excluding carboxylic acids is 1. The van der Waals surface area contributed by atoms with Crippen LogP contribution in [0.15, 0.2) is 103 Å². The van der Waals surface area contributed by atoms with Gasteiger partial charge in [-0.1, -0.05) is 97.1 Å². The molecule has 1 aliphatic rings. The van der Waals surface area contributed by atoms with E-state index in [0.717, 1.165) is 36.9 Å². The molecule has 0 fully saturated rings. The summed E-state index contributed by atoms with van der Waals surface area (Å²) in [5.41, 5.74) is 8.57. The molecular weight excluding hydrogens is 464 g/mol. The van der Waals surface area contributed by atoms with Gasteiger partial charge in [0.15, 0.2) is 0 Å². The van der Waals surface area contributed by atoms with Gasteiger partial charge in [-0.25, -0.2) is 0 Å². The van der Waals surface area contributed by atoms with Gasteiger partial charge < -0.3 is 4.90 Å². The smallest absolute Gasteiger partial charge is 0.254 e. The average molecular weight is 503 g/mol. The molecule has 4 aromatic carbocycles. The largest absolute Gasteiger partial charge is 0.337 e. The van der Waals surface area contributed by atoms with Crippen molar-refractivity contribution in [1.29, 1.82) is 0 Å². The highest BCUT2D eigenvalue weighted by Crippen LogP contribution is 2.35. The maximum atomic E-state index is 13.8. The molecule has 0 saturated carbocycles. The minimum atomic E-state index is 0.108. The number of amides is 1. The molecule has 4 aromatic rings. The van der Waals surface area contributed by atoms with E-state index in [1.807, 2.05) is 30.1 Å². The van der Waals surface area contributed by atoms with Gasteiger partial charge in [-0.15, -0.1) is 0 Å². The van der Waals surface area contributed by atoms with Crippen molar-refractivity contribution in [3.05, 3.63) is 142 Å². The Hall–Kier alpha value is -3.69. The lowest BCUT2D eigenvalue weighted by molar-refractivity contribution is 0.0781. The first-order valence-electron chi connectivity index (χ1n) is 13.8. The van der Waals surface area contributed by atoms with Crippen LogP contribution in [0.25, 0.3) is 0 Å². The first-order valence-corrected chi connectivity index (χ1v) is 13.8. The zero-order valence-electron chi connectivity index (χ0n) is 22.8. The predicted molar refractivity (Wildman–Crippen MR) is 156 cm³/mol. The standard InChI is InChI=1S/C35H38N2O/c1-26-19-21-33(35(38)36(3)24-28-13-7-4-8-14-28)34-23-31(20-22-32(26)34)37(25-29-15-9-5-10-16-29)27(2)30-17-11-6-12-18-30/h4-19,21,27,31H,20,22-25H2,1-3H3/t27-,31+/m0/s1. The Labute approximate surface area is 227 Å². The fraction of sp³-hybridized carbons (Fsp3) is 0.286. The van der Waals surface area contributed by atoms with Crippen LogP contribution >= 0.6 is 0 Å². The Balaban J connectivity index is 1.45. The van der Waals surface area contributed by atoms with Gasteiger partial charge in [0.05, 0.1) is 0 Å². The Bertz CT molecular complexity index is 1350. The molecule has 2 atom stereocenters. The van der Waals surface area contributed by atoms with Crippen LogP contribution in [0.4, 0.5) is 0 Å². The van der Waals surface area contributed by atoms with Crippen molar-refractivity contribution in [2.45, 2.75) is 58.3 Å². The number of benzene rings is 4. The molecule has 0 radical (unpaired) electrons. The minimum Gasteiger partial charge on any atom is -0.337 e. The van der Waals surface area contributed by atoms with E-state index in [1.165, 1.54) is 27.8 Å². The van der Waals surface area contributed by atoms with Crippen molar-refractivity contribution >= 4 is 5.91 Å².